The third-order valence-corrected chi connectivity index (χ3v) is 2.54. The molecule has 0 unspecified atom stereocenters. The van der Waals surface area contributed by atoms with E-state index in [0.29, 0.717) is 17.3 Å². The molecule has 0 amide bonds. The normalized spacial score (nSPS) is 11.1. The van der Waals surface area contributed by atoms with Gasteiger partial charge >= 0.3 is 0 Å². The fourth-order valence-corrected chi connectivity index (χ4v) is 1.76. The zero-order valence-electron chi connectivity index (χ0n) is 8.84. The highest BCUT2D eigenvalue weighted by molar-refractivity contribution is 5.71. The minimum absolute atomic E-state index is 0.602. The summed E-state index contributed by atoms with van der Waals surface area (Å²) in [5.41, 5.74) is 7.54. The summed E-state index contributed by atoms with van der Waals surface area (Å²) in [4.78, 5) is 4.44. The second-order valence-electron chi connectivity index (χ2n) is 3.68. The van der Waals surface area contributed by atoms with Crippen molar-refractivity contribution in [2.24, 2.45) is 0 Å². The molecule has 0 aliphatic heterocycles. The van der Waals surface area contributed by atoms with Gasteiger partial charge in [0.05, 0.1) is 0 Å². The van der Waals surface area contributed by atoms with E-state index < -0.39 is 0 Å². The second-order valence-corrected chi connectivity index (χ2v) is 3.68. The number of anilines is 1. The molecule has 0 aliphatic carbocycles. The van der Waals surface area contributed by atoms with E-state index in [4.69, 9.17) is 10.2 Å². The lowest BCUT2D eigenvalue weighted by molar-refractivity contribution is 0.547. The Morgan fingerprint density at radius 2 is 2.12 bits per heavy atom. The molecule has 4 heteroatoms. The highest BCUT2D eigenvalue weighted by Crippen LogP contribution is 2.27. The molecule has 0 fully saturated rings. The molecule has 2 N–H and O–H groups in total. The monoisotopic (exact) mass is 213 g/mol. The van der Waals surface area contributed by atoms with E-state index in [0.717, 1.165) is 11.4 Å². The van der Waals surface area contributed by atoms with Gasteiger partial charge in [-0.3, -0.25) is 4.40 Å². The van der Waals surface area contributed by atoms with Crippen molar-refractivity contribution in [2.45, 2.75) is 6.92 Å². The van der Waals surface area contributed by atoms with Gasteiger partial charge in [0.2, 0.25) is 0 Å². The Hall–Kier alpha value is -2.23. The number of rotatable bonds is 1. The van der Waals surface area contributed by atoms with Crippen molar-refractivity contribution in [2.75, 3.05) is 5.73 Å². The van der Waals surface area contributed by atoms with E-state index in [1.165, 1.54) is 0 Å². The molecule has 4 nitrogen and oxygen atoms in total. The van der Waals surface area contributed by atoms with Gasteiger partial charge in [-0.1, -0.05) is 6.07 Å². The number of nitrogens with two attached hydrogens (primary N) is 1. The number of pyridine rings is 1. The summed E-state index contributed by atoms with van der Waals surface area (Å²) in [5, 5.41) is 0. The lowest BCUT2D eigenvalue weighted by atomic mass is 10.3. The zero-order valence-corrected chi connectivity index (χ0v) is 8.84. The summed E-state index contributed by atoms with van der Waals surface area (Å²) in [6.07, 6.45) is 1.89. The number of aromatic nitrogens is 2. The Balaban J connectivity index is 2.28. The number of fused-ring (bicyclic) bond motifs is 1. The third kappa shape index (κ3) is 1.20. The van der Waals surface area contributed by atoms with Crippen LogP contribution in [-0.2, 0) is 0 Å². The topological polar surface area (TPSA) is 56.5 Å². The van der Waals surface area contributed by atoms with Gasteiger partial charge in [0.25, 0.3) is 0 Å². The number of nitrogen functional groups attached to an aromatic ring is 1. The molecule has 3 rings (SSSR count). The maximum Gasteiger partial charge on any atom is 0.156 e. The predicted molar refractivity (Wildman–Crippen MR) is 62.0 cm³/mol. The first-order chi connectivity index (χ1) is 7.75. The van der Waals surface area contributed by atoms with E-state index in [1.807, 2.05) is 47.9 Å². The zero-order chi connectivity index (χ0) is 11.1. The largest absolute Gasteiger partial charge is 0.460 e. The van der Waals surface area contributed by atoms with Gasteiger partial charge in [-0.2, -0.15) is 0 Å². The lowest BCUT2D eigenvalue weighted by Crippen LogP contribution is -1.92. The van der Waals surface area contributed by atoms with Crippen LogP contribution in [0.1, 0.15) is 5.76 Å². The van der Waals surface area contributed by atoms with E-state index in [9.17, 15) is 0 Å². The second kappa shape index (κ2) is 3.13. The van der Waals surface area contributed by atoms with Crippen molar-refractivity contribution in [1.29, 1.82) is 0 Å². The van der Waals surface area contributed by atoms with Crippen LogP contribution < -0.4 is 5.73 Å². The van der Waals surface area contributed by atoms with Crippen molar-refractivity contribution < 1.29 is 4.42 Å². The summed E-state index contributed by atoms with van der Waals surface area (Å²) in [7, 11) is 0. The first kappa shape index (κ1) is 9.03. The minimum atomic E-state index is 0.602. The fourth-order valence-electron chi connectivity index (χ4n) is 1.76. The van der Waals surface area contributed by atoms with Gasteiger partial charge in [-0.15, -0.1) is 0 Å². The number of furan rings is 1. The van der Waals surface area contributed by atoms with Crippen molar-refractivity contribution in [1.82, 2.24) is 9.38 Å². The fraction of sp³-hybridized carbons (Fsp3) is 0.0833. The Kier molecular flexibility index (Phi) is 1.77. The van der Waals surface area contributed by atoms with Gasteiger partial charge < -0.3 is 10.2 Å². The van der Waals surface area contributed by atoms with Crippen LogP contribution in [0.4, 0.5) is 5.82 Å². The average molecular weight is 213 g/mol. The molecular formula is C12H11N3O. The molecule has 0 radical (unpaired) electrons. The Labute approximate surface area is 92.3 Å². The Bertz CT molecular complexity index is 651. The van der Waals surface area contributed by atoms with E-state index in [2.05, 4.69) is 4.98 Å². The Morgan fingerprint density at radius 3 is 2.81 bits per heavy atom. The van der Waals surface area contributed by atoms with E-state index in [-0.39, 0.29) is 0 Å². The summed E-state index contributed by atoms with van der Waals surface area (Å²) in [6.45, 7) is 1.90. The minimum Gasteiger partial charge on any atom is -0.460 e. The number of hydrogen-bond acceptors (Lipinski definition) is 3. The van der Waals surface area contributed by atoms with Crippen LogP contribution in [0.5, 0.6) is 0 Å². The highest BCUT2D eigenvalue weighted by Gasteiger charge is 2.13. The highest BCUT2D eigenvalue weighted by atomic mass is 16.3. The third-order valence-electron chi connectivity index (χ3n) is 2.54. The number of hydrogen-bond donors (Lipinski definition) is 1. The maximum absolute atomic E-state index is 6.02. The smallest absolute Gasteiger partial charge is 0.156 e. The lowest BCUT2D eigenvalue weighted by Gasteiger charge is -1.95. The first-order valence-electron chi connectivity index (χ1n) is 5.05. The molecule has 0 spiro atoms. The molecule has 0 atom stereocenters. The van der Waals surface area contributed by atoms with Crippen LogP contribution in [-0.4, -0.2) is 9.38 Å². The van der Waals surface area contributed by atoms with Crippen LogP contribution in [0.2, 0.25) is 0 Å². The first-order valence-corrected chi connectivity index (χ1v) is 5.05. The van der Waals surface area contributed by atoms with Gasteiger partial charge in [0.1, 0.15) is 22.9 Å². The molecule has 0 aliphatic rings. The molecule has 0 saturated carbocycles. The molecule has 3 aromatic rings. The summed E-state index contributed by atoms with van der Waals surface area (Å²) < 4.78 is 7.36. The molecule has 0 bridgehead atoms. The summed E-state index contributed by atoms with van der Waals surface area (Å²) in [6, 6.07) is 9.54. The van der Waals surface area contributed by atoms with Gasteiger partial charge in [0, 0.05) is 6.20 Å². The molecule has 0 saturated heterocycles. The maximum atomic E-state index is 6.02. The molecule has 16 heavy (non-hydrogen) atoms. The van der Waals surface area contributed by atoms with Crippen molar-refractivity contribution in [3.8, 4) is 11.5 Å². The quantitative estimate of drug-likeness (QED) is 0.675. The van der Waals surface area contributed by atoms with Crippen LogP contribution >= 0.6 is 0 Å². The van der Waals surface area contributed by atoms with Gasteiger partial charge in [-0.25, -0.2) is 4.98 Å². The number of imidazole rings is 1. The van der Waals surface area contributed by atoms with Crippen LogP contribution in [0.15, 0.2) is 40.9 Å². The molecule has 3 aromatic heterocycles. The molecular weight excluding hydrogens is 202 g/mol. The summed E-state index contributed by atoms with van der Waals surface area (Å²) in [5.74, 6) is 2.16. The van der Waals surface area contributed by atoms with Crippen LogP contribution in [0.25, 0.3) is 17.1 Å². The molecule has 0 aromatic carbocycles. The van der Waals surface area contributed by atoms with Crippen molar-refractivity contribution >= 4 is 11.5 Å². The van der Waals surface area contributed by atoms with Crippen LogP contribution in [0, 0.1) is 6.92 Å². The van der Waals surface area contributed by atoms with E-state index >= 15 is 0 Å². The molecule has 3 heterocycles. The van der Waals surface area contributed by atoms with Crippen molar-refractivity contribution in [3.05, 3.63) is 42.3 Å². The van der Waals surface area contributed by atoms with E-state index in [1.54, 1.807) is 0 Å². The number of nitrogens with zero attached hydrogens (tertiary/aromatic N) is 2. The standard InChI is InChI=1S/C12H11N3O/c1-8-5-6-9(16-8)11-12(13)15-7-3-2-4-10(15)14-11/h2-7H,13H2,1H3. The molecule has 80 valence electrons. The van der Waals surface area contributed by atoms with Crippen molar-refractivity contribution in [3.63, 3.8) is 0 Å². The number of aryl methyl sites for hydroxylation is 1. The summed E-state index contributed by atoms with van der Waals surface area (Å²) >= 11 is 0. The average Bonchev–Trinajstić information content (AvgIpc) is 2.84. The SMILES string of the molecule is Cc1ccc(-c2nc3ccccn3c2N)o1. The van der Waals surface area contributed by atoms with Crippen LogP contribution in [0.3, 0.4) is 0 Å². The van der Waals surface area contributed by atoms with Gasteiger partial charge in [-0.05, 0) is 31.2 Å². The Morgan fingerprint density at radius 1 is 1.25 bits per heavy atom. The predicted octanol–water partition coefficient (Wildman–Crippen LogP) is 2.48. The van der Waals surface area contributed by atoms with Gasteiger partial charge in [0.15, 0.2) is 5.76 Å².